The summed E-state index contributed by atoms with van der Waals surface area (Å²) in [6.45, 7) is 8.58. The number of hydrogen-bond donors (Lipinski definition) is 1. The standard InChI is InChI=1S/C24H23FO6/c1-4-22(26)31-21-11-7-18(15-20(21)25)8-12-23(27)30-19-9-5-17(6-10-19)13-14-29-24(28)16(2)3/h4-12,15,23,27H,1-2,13-14H2,3H3/b12-8+. The molecule has 0 aliphatic carbocycles. The molecule has 0 heterocycles. The van der Waals surface area contributed by atoms with E-state index in [0.29, 0.717) is 23.3 Å². The molecule has 6 nitrogen and oxygen atoms in total. The average molecular weight is 426 g/mol. The van der Waals surface area contributed by atoms with E-state index in [9.17, 15) is 19.1 Å². The lowest BCUT2D eigenvalue weighted by atomic mass is 10.1. The largest absolute Gasteiger partial charge is 0.462 e. The van der Waals surface area contributed by atoms with Crippen molar-refractivity contribution < 1.29 is 33.3 Å². The van der Waals surface area contributed by atoms with E-state index in [1.54, 1.807) is 31.2 Å². The van der Waals surface area contributed by atoms with E-state index in [1.165, 1.54) is 24.3 Å². The molecule has 1 unspecified atom stereocenters. The van der Waals surface area contributed by atoms with Crippen LogP contribution < -0.4 is 9.47 Å². The lowest BCUT2D eigenvalue weighted by molar-refractivity contribution is -0.138. The van der Waals surface area contributed by atoms with Crippen molar-refractivity contribution in [2.45, 2.75) is 19.6 Å². The van der Waals surface area contributed by atoms with E-state index in [4.69, 9.17) is 14.2 Å². The first-order valence-electron chi connectivity index (χ1n) is 9.37. The number of benzene rings is 2. The molecule has 0 aromatic heterocycles. The molecule has 0 amide bonds. The third-order valence-electron chi connectivity index (χ3n) is 3.94. The first kappa shape index (κ1) is 23.6. The van der Waals surface area contributed by atoms with Crippen LogP contribution >= 0.6 is 0 Å². The van der Waals surface area contributed by atoms with Crippen molar-refractivity contribution in [3.8, 4) is 11.5 Å². The monoisotopic (exact) mass is 426 g/mol. The van der Waals surface area contributed by atoms with Crippen LogP contribution in [0.3, 0.4) is 0 Å². The van der Waals surface area contributed by atoms with Gasteiger partial charge in [-0.05, 0) is 48.4 Å². The van der Waals surface area contributed by atoms with Gasteiger partial charge in [0.15, 0.2) is 11.6 Å². The number of aliphatic hydroxyl groups is 1. The van der Waals surface area contributed by atoms with Gasteiger partial charge in [0.1, 0.15) is 5.75 Å². The van der Waals surface area contributed by atoms with E-state index in [1.807, 2.05) is 0 Å². The predicted octanol–water partition coefficient (Wildman–Crippen LogP) is 3.99. The third-order valence-corrected chi connectivity index (χ3v) is 3.94. The van der Waals surface area contributed by atoms with Gasteiger partial charge in [-0.2, -0.15) is 0 Å². The van der Waals surface area contributed by atoms with Gasteiger partial charge < -0.3 is 19.3 Å². The first-order chi connectivity index (χ1) is 14.8. The Morgan fingerprint density at radius 2 is 1.90 bits per heavy atom. The summed E-state index contributed by atoms with van der Waals surface area (Å²) in [6, 6.07) is 10.9. The molecule has 0 saturated heterocycles. The van der Waals surface area contributed by atoms with Crippen molar-refractivity contribution in [2.75, 3.05) is 6.61 Å². The van der Waals surface area contributed by atoms with Crippen LogP contribution in [0.1, 0.15) is 18.1 Å². The van der Waals surface area contributed by atoms with Crippen LogP contribution in [0.25, 0.3) is 6.08 Å². The van der Waals surface area contributed by atoms with E-state index in [0.717, 1.165) is 17.7 Å². The fraction of sp³-hybridized carbons (Fsp3) is 0.167. The van der Waals surface area contributed by atoms with Gasteiger partial charge >= 0.3 is 11.9 Å². The summed E-state index contributed by atoms with van der Waals surface area (Å²) < 4.78 is 29.1. The zero-order valence-corrected chi connectivity index (χ0v) is 17.0. The minimum absolute atomic E-state index is 0.215. The minimum Gasteiger partial charge on any atom is -0.462 e. The van der Waals surface area contributed by atoms with Crippen LogP contribution in [0.15, 0.2) is 73.3 Å². The molecule has 1 N–H and O–H groups in total. The van der Waals surface area contributed by atoms with Crippen LogP contribution in [0.4, 0.5) is 4.39 Å². The summed E-state index contributed by atoms with van der Waals surface area (Å²) in [5.74, 6) is -1.70. The molecule has 0 spiro atoms. The van der Waals surface area contributed by atoms with Crippen LogP contribution in [0.5, 0.6) is 11.5 Å². The van der Waals surface area contributed by atoms with Gasteiger partial charge in [-0.15, -0.1) is 0 Å². The third kappa shape index (κ3) is 7.91. The number of carbonyl (C=O) groups is 2. The Balaban J connectivity index is 1.87. The minimum atomic E-state index is -1.26. The molecule has 162 valence electrons. The summed E-state index contributed by atoms with van der Waals surface area (Å²) >= 11 is 0. The molecule has 0 fully saturated rings. The zero-order chi connectivity index (χ0) is 22.8. The van der Waals surface area contributed by atoms with Gasteiger partial charge in [0.25, 0.3) is 0 Å². The molecule has 31 heavy (non-hydrogen) atoms. The van der Waals surface area contributed by atoms with Crippen molar-refractivity contribution in [2.24, 2.45) is 0 Å². The molecule has 2 aromatic carbocycles. The Labute approximate surface area is 179 Å². The molecule has 2 aromatic rings. The summed E-state index contributed by atoms with van der Waals surface area (Å²) in [5, 5.41) is 10.0. The predicted molar refractivity (Wildman–Crippen MR) is 114 cm³/mol. The summed E-state index contributed by atoms with van der Waals surface area (Å²) in [6.07, 6.45) is 3.02. The fourth-order valence-corrected chi connectivity index (χ4v) is 2.35. The topological polar surface area (TPSA) is 82.1 Å². The Kier molecular flexibility index (Phi) is 8.72. The van der Waals surface area contributed by atoms with E-state index in [-0.39, 0.29) is 12.4 Å². The number of ether oxygens (including phenoxy) is 3. The molecule has 0 saturated carbocycles. The number of hydrogen-bond acceptors (Lipinski definition) is 6. The normalized spacial score (nSPS) is 11.6. The number of carbonyl (C=O) groups excluding carboxylic acids is 2. The fourth-order valence-electron chi connectivity index (χ4n) is 2.35. The SMILES string of the molecule is C=CC(=O)Oc1ccc(/C=C/C(O)Oc2ccc(CCOC(=O)C(=C)C)cc2)cc1F. The van der Waals surface area contributed by atoms with Crippen molar-refractivity contribution in [3.05, 3.63) is 90.3 Å². The molecule has 7 heteroatoms. The second-order valence-corrected chi connectivity index (χ2v) is 6.49. The highest BCUT2D eigenvalue weighted by atomic mass is 19.1. The van der Waals surface area contributed by atoms with Crippen molar-refractivity contribution >= 4 is 18.0 Å². The van der Waals surface area contributed by atoms with E-state index >= 15 is 0 Å². The molecule has 2 rings (SSSR count). The van der Waals surface area contributed by atoms with Crippen LogP contribution in [0.2, 0.25) is 0 Å². The highest BCUT2D eigenvalue weighted by Gasteiger charge is 2.08. The van der Waals surface area contributed by atoms with E-state index < -0.39 is 24.0 Å². The maximum atomic E-state index is 14.0. The molecule has 0 radical (unpaired) electrons. The average Bonchev–Trinajstić information content (AvgIpc) is 2.75. The number of aliphatic hydroxyl groups excluding tert-OH is 1. The number of halogens is 1. The molecule has 0 bridgehead atoms. The Morgan fingerprint density at radius 1 is 1.19 bits per heavy atom. The maximum absolute atomic E-state index is 14.0. The molecular formula is C24H23FO6. The van der Waals surface area contributed by atoms with Gasteiger partial charge in [-0.1, -0.05) is 37.4 Å². The van der Waals surface area contributed by atoms with Gasteiger partial charge in [0.05, 0.1) is 6.61 Å². The van der Waals surface area contributed by atoms with Gasteiger partial charge in [0.2, 0.25) is 6.29 Å². The van der Waals surface area contributed by atoms with Gasteiger partial charge in [-0.25, -0.2) is 14.0 Å². The van der Waals surface area contributed by atoms with E-state index in [2.05, 4.69) is 13.2 Å². The smallest absolute Gasteiger partial charge is 0.335 e. The van der Waals surface area contributed by atoms with Gasteiger partial charge in [-0.3, -0.25) is 0 Å². The van der Waals surface area contributed by atoms with Crippen LogP contribution in [-0.2, 0) is 20.7 Å². The van der Waals surface area contributed by atoms with Crippen LogP contribution in [-0.4, -0.2) is 29.9 Å². The molecular weight excluding hydrogens is 403 g/mol. The second-order valence-electron chi connectivity index (χ2n) is 6.49. The van der Waals surface area contributed by atoms with Crippen molar-refractivity contribution in [3.63, 3.8) is 0 Å². The van der Waals surface area contributed by atoms with Crippen molar-refractivity contribution in [1.29, 1.82) is 0 Å². The van der Waals surface area contributed by atoms with Gasteiger partial charge in [0, 0.05) is 18.1 Å². The summed E-state index contributed by atoms with van der Waals surface area (Å²) in [7, 11) is 0. The Hall–Kier alpha value is -3.71. The van der Waals surface area contributed by atoms with Crippen LogP contribution in [0, 0.1) is 5.82 Å². The second kappa shape index (κ2) is 11.5. The summed E-state index contributed by atoms with van der Waals surface area (Å²) in [4.78, 5) is 22.5. The molecule has 1 atom stereocenters. The quantitative estimate of drug-likeness (QED) is 0.268. The first-order valence-corrected chi connectivity index (χ1v) is 9.37. The number of rotatable bonds is 10. The number of esters is 2. The lowest BCUT2D eigenvalue weighted by Gasteiger charge is -2.11. The lowest BCUT2D eigenvalue weighted by Crippen LogP contribution is -2.12. The highest BCUT2D eigenvalue weighted by Crippen LogP contribution is 2.20. The maximum Gasteiger partial charge on any atom is 0.335 e. The highest BCUT2D eigenvalue weighted by molar-refractivity contribution is 5.86. The van der Waals surface area contributed by atoms with Crippen molar-refractivity contribution in [1.82, 2.24) is 0 Å². The zero-order valence-electron chi connectivity index (χ0n) is 17.0. The Bertz CT molecular complexity index is 978. The summed E-state index contributed by atoms with van der Waals surface area (Å²) in [5.41, 5.74) is 1.72. The Morgan fingerprint density at radius 3 is 2.52 bits per heavy atom. The molecule has 0 aliphatic rings. The molecule has 0 aliphatic heterocycles.